The lowest BCUT2D eigenvalue weighted by atomic mass is 9.96. The van der Waals surface area contributed by atoms with E-state index < -0.39 is 34.9 Å². The van der Waals surface area contributed by atoms with Gasteiger partial charge in [0.1, 0.15) is 6.04 Å². The van der Waals surface area contributed by atoms with E-state index in [2.05, 4.69) is 21.3 Å². The number of nitrogens with one attached hydrogen (secondary N) is 3. The number of aromatic nitrogens is 2. The summed E-state index contributed by atoms with van der Waals surface area (Å²) in [5.74, 6) is -0.722. The van der Waals surface area contributed by atoms with E-state index in [1.807, 2.05) is 0 Å². The molecule has 1 fully saturated rings. The van der Waals surface area contributed by atoms with Crippen LogP contribution < -0.4 is 16.2 Å². The van der Waals surface area contributed by atoms with E-state index in [0.717, 1.165) is 36.8 Å². The highest BCUT2D eigenvalue weighted by molar-refractivity contribution is 6.32. The monoisotopic (exact) mass is 395 g/mol. The van der Waals surface area contributed by atoms with Crippen LogP contribution in [0.1, 0.15) is 56.5 Å². The molecule has 0 unspecified atom stereocenters. The van der Waals surface area contributed by atoms with Gasteiger partial charge in [-0.05, 0) is 26.7 Å². The number of alkyl halides is 3. The predicted molar refractivity (Wildman–Crippen MR) is 88.4 cm³/mol. The first kappa shape index (κ1) is 20.3. The quantitative estimate of drug-likeness (QED) is 0.687. The number of urea groups is 1. The molecule has 1 saturated carbocycles. The van der Waals surface area contributed by atoms with Crippen LogP contribution in [-0.2, 0) is 11.0 Å². The maximum Gasteiger partial charge on any atom is 0.436 e. The van der Waals surface area contributed by atoms with Crippen LogP contribution in [0, 0.1) is 6.92 Å². The number of amides is 3. The molecule has 0 spiro atoms. The molecular formula is C15H21ClF3N5O2. The summed E-state index contributed by atoms with van der Waals surface area (Å²) in [6.45, 7) is 2.68. The van der Waals surface area contributed by atoms with Gasteiger partial charge in [0.2, 0.25) is 0 Å². The highest BCUT2D eigenvalue weighted by atomic mass is 35.5. The van der Waals surface area contributed by atoms with Crippen molar-refractivity contribution in [1.29, 1.82) is 0 Å². The van der Waals surface area contributed by atoms with E-state index in [4.69, 9.17) is 11.6 Å². The molecule has 0 aliphatic heterocycles. The molecule has 1 aromatic rings. The van der Waals surface area contributed by atoms with Gasteiger partial charge in [-0.2, -0.15) is 18.3 Å². The van der Waals surface area contributed by atoms with Gasteiger partial charge >= 0.3 is 12.2 Å². The first-order valence-electron chi connectivity index (χ1n) is 8.29. The van der Waals surface area contributed by atoms with Gasteiger partial charge < -0.3 is 5.32 Å². The van der Waals surface area contributed by atoms with Gasteiger partial charge in [-0.25, -0.2) is 10.2 Å². The van der Waals surface area contributed by atoms with E-state index in [1.54, 1.807) is 0 Å². The van der Waals surface area contributed by atoms with E-state index in [-0.39, 0.29) is 11.7 Å². The smallest absolute Gasteiger partial charge is 0.334 e. The Balaban J connectivity index is 1.94. The second-order valence-corrected chi connectivity index (χ2v) is 6.67. The third-order valence-electron chi connectivity index (χ3n) is 4.33. The van der Waals surface area contributed by atoms with E-state index >= 15 is 0 Å². The summed E-state index contributed by atoms with van der Waals surface area (Å²) < 4.78 is 39.4. The average Bonchev–Trinajstić information content (AvgIpc) is 2.88. The zero-order valence-corrected chi connectivity index (χ0v) is 15.2. The highest BCUT2D eigenvalue weighted by Gasteiger charge is 2.39. The molecule has 0 saturated heterocycles. The standard InChI is InChI=1S/C15H21ClF3N5O2/c1-8-11(16)12(15(17,18)19)23-24(8)9(2)13(25)21-22-14(26)20-10-6-4-3-5-7-10/h9-10H,3-7H2,1-2H3,(H,21,25)(H2,20,22,26)/t9-/m1/s1. The highest BCUT2D eigenvalue weighted by Crippen LogP contribution is 2.36. The number of carbonyl (C=O) groups excluding carboxylic acids is 2. The molecular weight excluding hydrogens is 375 g/mol. The fourth-order valence-electron chi connectivity index (χ4n) is 2.86. The molecule has 1 atom stereocenters. The van der Waals surface area contributed by atoms with Gasteiger partial charge in [-0.15, -0.1) is 0 Å². The lowest BCUT2D eigenvalue weighted by molar-refractivity contribution is -0.141. The summed E-state index contributed by atoms with van der Waals surface area (Å²) in [5.41, 5.74) is 3.14. The summed E-state index contributed by atoms with van der Waals surface area (Å²) in [4.78, 5) is 23.9. The SMILES string of the molecule is Cc1c(Cl)c(C(F)(F)F)nn1[C@H](C)C(=O)NNC(=O)NC1CCCCC1. The molecule has 0 radical (unpaired) electrons. The molecule has 3 N–H and O–H groups in total. The second-order valence-electron chi connectivity index (χ2n) is 6.29. The van der Waals surface area contributed by atoms with Crippen molar-refractivity contribution in [3.8, 4) is 0 Å². The number of hydrogen-bond donors (Lipinski definition) is 3. The molecule has 1 heterocycles. The maximum absolute atomic E-state index is 12.9. The number of rotatable bonds is 3. The number of nitrogens with zero attached hydrogens (tertiary/aromatic N) is 2. The van der Waals surface area contributed by atoms with Gasteiger partial charge in [0, 0.05) is 6.04 Å². The number of carbonyl (C=O) groups is 2. The Hall–Kier alpha value is -1.97. The summed E-state index contributed by atoms with van der Waals surface area (Å²) in [5, 5.41) is 5.58. The first-order valence-corrected chi connectivity index (χ1v) is 8.67. The zero-order valence-electron chi connectivity index (χ0n) is 14.4. The molecule has 1 aliphatic rings. The maximum atomic E-state index is 12.9. The summed E-state index contributed by atoms with van der Waals surface area (Å²) >= 11 is 5.67. The lowest BCUT2D eigenvalue weighted by Crippen LogP contribution is -2.51. The van der Waals surface area contributed by atoms with Crippen molar-refractivity contribution >= 4 is 23.5 Å². The van der Waals surface area contributed by atoms with Gasteiger partial charge in [0.15, 0.2) is 5.69 Å². The van der Waals surface area contributed by atoms with Crippen molar-refractivity contribution in [3.63, 3.8) is 0 Å². The molecule has 0 aromatic carbocycles. The van der Waals surface area contributed by atoms with Crippen LogP contribution in [0.25, 0.3) is 0 Å². The molecule has 146 valence electrons. The normalized spacial score (nSPS) is 16.8. The third-order valence-corrected chi connectivity index (χ3v) is 4.78. The topological polar surface area (TPSA) is 88.1 Å². The minimum atomic E-state index is -4.72. The molecule has 0 bridgehead atoms. The van der Waals surface area contributed by atoms with Crippen LogP contribution in [0.15, 0.2) is 0 Å². The molecule has 2 rings (SSSR count). The van der Waals surface area contributed by atoms with Crippen molar-refractivity contribution in [2.45, 2.75) is 64.2 Å². The van der Waals surface area contributed by atoms with Crippen LogP contribution >= 0.6 is 11.6 Å². The molecule has 11 heteroatoms. The summed E-state index contributed by atoms with van der Waals surface area (Å²) in [6.07, 6.45) is 0.248. The molecule has 1 aromatic heterocycles. The second kappa shape index (κ2) is 8.15. The van der Waals surface area contributed by atoms with Crippen molar-refractivity contribution in [1.82, 2.24) is 25.9 Å². The fourth-order valence-corrected chi connectivity index (χ4v) is 3.09. The van der Waals surface area contributed by atoms with Crippen LogP contribution in [-0.4, -0.2) is 27.8 Å². The largest absolute Gasteiger partial charge is 0.436 e. The summed E-state index contributed by atoms with van der Waals surface area (Å²) in [7, 11) is 0. The van der Waals surface area contributed by atoms with Crippen LogP contribution in [0.5, 0.6) is 0 Å². The lowest BCUT2D eigenvalue weighted by Gasteiger charge is -2.23. The minimum absolute atomic E-state index is 0.00768. The van der Waals surface area contributed by atoms with E-state index in [1.165, 1.54) is 13.8 Å². The van der Waals surface area contributed by atoms with Crippen LogP contribution in [0.3, 0.4) is 0 Å². The Kier molecular flexibility index (Phi) is 6.38. The Labute approximate surface area is 153 Å². The third kappa shape index (κ3) is 4.80. The minimum Gasteiger partial charge on any atom is -0.334 e. The van der Waals surface area contributed by atoms with Gasteiger partial charge in [0.25, 0.3) is 5.91 Å². The Morgan fingerprint density at radius 3 is 2.38 bits per heavy atom. The summed E-state index contributed by atoms with van der Waals surface area (Å²) in [6, 6.07) is -1.61. The van der Waals surface area contributed by atoms with Gasteiger partial charge in [-0.3, -0.25) is 14.9 Å². The molecule has 7 nitrogen and oxygen atoms in total. The number of hydrogen-bond acceptors (Lipinski definition) is 3. The number of hydrazine groups is 1. The van der Waals surface area contributed by atoms with E-state index in [0.29, 0.717) is 0 Å². The van der Waals surface area contributed by atoms with Gasteiger partial charge in [-0.1, -0.05) is 30.9 Å². The molecule has 26 heavy (non-hydrogen) atoms. The Morgan fingerprint density at radius 2 is 1.85 bits per heavy atom. The number of halogens is 4. The Bertz CT molecular complexity index is 671. The fraction of sp³-hybridized carbons (Fsp3) is 0.667. The van der Waals surface area contributed by atoms with E-state index in [9.17, 15) is 22.8 Å². The zero-order chi connectivity index (χ0) is 19.5. The van der Waals surface area contributed by atoms with Crippen molar-refractivity contribution in [3.05, 3.63) is 16.4 Å². The first-order chi connectivity index (χ1) is 12.1. The Morgan fingerprint density at radius 1 is 1.23 bits per heavy atom. The molecule has 3 amide bonds. The van der Waals surface area contributed by atoms with Crippen molar-refractivity contribution in [2.24, 2.45) is 0 Å². The molecule has 1 aliphatic carbocycles. The predicted octanol–water partition coefficient (Wildman–Crippen LogP) is 3.09. The van der Waals surface area contributed by atoms with Gasteiger partial charge in [0.05, 0.1) is 10.7 Å². The van der Waals surface area contributed by atoms with Crippen LogP contribution in [0.4, 0.5) is 18.0 Å². The van der Waals surface area contributed by atoms with Crippen LogP contribution in [0.2, 0.25) is 5.02 Å². The van der Waals surface area contributed by atoms with Crippen molar-refractivity contribution < 1.29 is 22.8 Å². The van der Waals surface area contributed by atoms with Crippen molar-refractivity contribution in [2.75, 3.05) is 0 Å². The average molecular weight is 396 g/mol.